The van der Waals surface area contributed by atoms with Gasteiger partial charge in [-0.3, -0.25) is 0 Å². The van der Waals surface area contributed by atoms with Crippen molar-refractivity contribution in [2.45, 2.75) is 22.2 Å². The minimum atomic E-state index is -0.239. The maximum Gasteiger partial charge on any atom is 0.159 e. The van der Waals surface area contributed by atoms with Gasteiger partial charge in [0, 0.05) is 59.7 Å². The Labute approximate surface area is 409 Å². The summed E-state index contributed by atoms with van der Waals surface area (Å²) in [5.74, 6) is 1.75. The highest BCUT2D eigenvalue weighted by Crippen LogP contribution is 2.55. The van der Waals surface area contributed by atoms with E-state index in [2.05, 4.69) is 206 Å². The van der Waals surface area contributed by atoms with E-state index < -0.39 is 0 Å². The maximum absolute atomic E-state index is 6.80. The molecule has 70 heavy (non-hydrogen) atoms. The zero-order chi connectivity index (χ0) is 46.1. The van der Waals surface area contributed by atoms with E-state index in [1.54, 1.807) is 0 Å². The van der Waals surface area contributed by atoms with E-state index >= 15 is 0 Å². The number of furan rings is 1. The second-order valence-corrected chi connectivity index (χ2v) is 19.4. The summed E-state index contributed by atoms with van der Waals surface area (Å²) in [4.78, 5) is 16.6. The van der Waals surface area contributed by atoms with Gasteiger partial charge in [0.1, 0.15) is 23.2 Å². The molecular weight excluding hydrogens is 873 g/mol. The van der Waals surface area contributed by atoms with E-state index in [4.69, 9.17) is 19.4 Å². The van der Waals surface area contributed by atoms with Crippen molar-refractivity contribution >= 4 is 72.6 Å². The molecule has 0 fully saturated rings. The van der Waals surface area contributed by atoms with Crippen LogP contribution >= 0.6 is 11.8 Å². The van der Waals surface area contributed by atoms with Crippen molar-refractivity contribution in [3.63, 3.8) is 0 Å². The lowest BCUT2D eigenvalue weighted by Gasteiger charge is -2.26. The first kappa shape index (κ1) is 40.5. The molecule has 2 aliphatic heterocycles. The number of aromatic nitrogens is 1. The Hall–Kier alpha value is -8.58. The molecule has 0 saturated heterocycles. The molecule has 3 atom stereocenters. The number of nitrogens with zero attached hydrogens (tertiary/aromatic N) is 3. The second kappa shape index (κ2) is 16.6. The van der Waals surface area contributed by atoms with Crippen molar-refractivity contribution in [3.05, 3.63) is 258 Å². The molecule has 14 rings (SSSR count). The van der Waals surface area contributed by atoms with Crippen LogP contribution in [0.3, 0.4) is 0 Å². The first-order valence-corrected chi connectivity index (χ1v) is 24.7. The van der Waals surface area contributed by atoms with Crippen LogP contribution in [-0.4, -0.2) is 21.9 Å². The summed E-state index contributed by atoms with van der Waals surface area (Å²) in [5.41, 5.74) is 16.7. The van der Waals surface area contributed by atoms with Crippen LogP contribution in [0, 0.1) is 0 Å². The largest absolute Gasteiger partial charge is 0.455 e. The van der Waals surface area contributed by atoms with Crippen LogP contribution in [0.4, 0.5) is 0 Å². The van der Waals surface area contributed by atoms with Gasteiger partial charge in [0.05, 0.1) is 11.2 Å². The van der Waals surface area contributed by atoms with Gasteiger partial charge in [-0.2, -0.15) is 0 Å². The third kappa shape index (κ3) is 6.82. The predicted molar refractivity (Wildman–Crippen MR) is 291 cm³/mol. The summed E-state index contributed by atoms with van der Waals surface area (Å²) in [6.07, 6.45) is 6.69. The van der Waals surface area contributed by atoms with E-state index in [1.807, 2.05) is 42.1 Å². The number of fused-ring (bicyclic) bond motifs is 10. The number of thioether (sulfide) groups is 1. The summed E-state index contributed by atoms with van der Waals surface area (Å²) < 4.78 is 6.80. The predicted octanol–water partition coefficient (Wildman–Crippen LogP) is 16.0. The Balaban J connectivity index is 0.772. The van der Waals surface area contributed by atoms with Crippen molar-refractivity contribution in [2.24, 2.45) is 9.98 Å². The number of hydrogen-bond donors (Lipinski definition) is 1. The highest BCUT2D eigenvalue weighted by atomic mass is 32.2. The molecule has 330 valence electrons. The highest BCUT2D eigenvalue weighted by Gasteiger charge is 2.36. The van der Waals surface area contributed by atoms with E-state index in [1.165, 1.54) is 38.3 Å². The Morgan fingerprint density at radius 3 is 2.03 bits per heavy atom. The number of para-hydroxylation sites is 1. The molecule has 9 aromatic carbocycles. The molecule has 0 saturated carbocycles. The van der Waals surface area contributed by atoms with Crippen LogP contribution < -0.4 is 5.32 Å². The van der Waals surface area contributed by atoms with Gasteiger partial charge in [-0.1, -0.05) is 200 Å². The Morgan fingerprint density at radius 1 is 0.500 bits per heavy atom. The number of aliphatic imine (C=N–C) groups is 2. The van der Waals surface area contributed by atoms with Crippen LogP contribution in [0.25, 0.3) is 82.7 Å². The number of amidine groups is 2. The molecule has 5 nitrogen and oxygen atoms in total. The van der Waals surface area contributed by atoms with Gasteiger partial charge >= 0.3 is 0 Å². The van der Waals surface area contributed by atoms with E-state index in [0.29, 0.717) is 0 Å². The van der Waals surface area contributed by atoms with E-state index in [0.717, 1.165) is 88.8 Å². The first-order valence-electron chi connectivity index (χ1n) is 23.8. The molecule has 11 aromatic rings. The maximum atomic E-state index is 6.80. The van der Waals surface area contributed by atoms with Gasteiger partial charge in [0.2, 0.25) is 0 Å². The van der Waals surface area contributed by atoms with Crippen molar-refractivity contribution in [3.8, 4) is 33.5 Å². The van der Waals surface area contributed by atoms with E-state index in [9.17, 15) is 0 Å². The molecule has 3 aliphatic rings. The number of allylic oxidation sites excluding steroid dienone is 3. The summed E-state index contributed by atoms with van der Waals surface area (Å²) in [6, 6.07) is 75.3. The first-order chi connectivity index (χ1) is 34.7. The van der Waals surface area contributed by atoms with Crippen LogP contribution in [0.2, 0.25) is 0 Å². The number of nitrogens with one attached hydrogen (secondary N) is 1. The van der Waals surface area contributed by atoms with Crippen molar-refractivity contribution in [2.75, 3.05) is 0 Å². The number of benzene rings is 9. The van der Waals surface area contributed by atoms with Crippen LogP contribution in [0.5, 0.6) is 0 Å². The molecule has 0 amide bonds. The molecule has 0 bridgehead atoms. The smallest absolute Gasteiger partial charge is 0.159 e. The van der Waals surface area contributed by atoms with Crippen LogP contribution in [-0.2, 0) is 0 Å². The summed E-state index contributed by atoms with van der Waals surface area (Å²) in [5, 5.41) is 9.36. The molecule has 6 heteroatoms. The van der Waals surface area contributed by atoms with Crippen LogP contribution in [0.1, 0.15) is 39.9 Å². The third-order valence-corrected chi connectivity index (χ3v) is 15.6. The molecule has 2 aromatic heterocycles. The number of pyridine rings is 1. The Bertz CT molecular complexity index is 4010. The number of rotatable bonds is 7. The molecule has 0 spiro atoms. The Morgan fingerprint density at radius 2 is 1.19 bits per heavy atom. The SMILES string of the molecule is C1=CC(c2ccc(C3=NC(c4ccccc4)=NC(c4ccccc4)N3)cc2)C2Sc3c(cccc3-c3cccc(-c4ccc5oc6c(ccc7c(-c8ccccc8)nc8ccccc8c76)c5c4)c3)C2=C1. The summed E-state index contributed by atoms with van der Waals surface area (Å²) in [7, 11) is 0. The molecular formula is C64H42N4OS. The average Bonchev–Trinajstić information content (AvgIpc) is 4.02. The van der Waals surface area contributed by atoms with Gasteiger partial charge in [-0.15, -0.1) is 11.8 Å². The summed E-state index contributed by atoms with van der Waals surface area (Å²) >= 11 is 1.99. The quantitative estimate of drug-likeness (QED) is 0.162. The molecule has 1 aliphatic carbocycles. The van der Waals surface area contributed by atoms with Gasteiger partial charge in [0.25, 0.3) is 0 Å². The molecule has 4 heterocycles. The van der Waals surface area contributed by atoms with Crippen molar-refractivity contribution in [1.82, 2.24) is 10.3 Å². The van der Waals surface area contributed by atoms with E-state index in [-0.39, 0.29) is 17.3 Å². The minimum Gasteiger partial charge on any atom is -0.455 e. The third-order valence-electron chi connectivity index (χ3n) is 14.1. The highest BCUT2D eigenvalue weighted by molar-refractivity contribution is 8.01. The van der Waals surface area contributed by atoms with Gasteiger partial charge < -0.3 is 9.73 Å². The second-order valence-electron chi connectivity index (χ2n) is 18.2. The zero-order valence-corrected chi connectivity index (χ0v) is 38.6. The lowest BCUT2D eigenvalue weighted by atomic mass is 9.84. The summed E-state index contributed by atoms with van der Waals surface area (Å²) in [6.45, 7) is 0. The lowest BCUT2D eigenvalue weighted by Crippen LogP contribution is -2.33. The fourth-order valence-electron chi connectivity index (χ4n) is 10.7. The van der Waals surface area contributed by atoms with Crippen molar-refractivity contribution < 1.29 is 4.42 Å². The monoisotopic (exact) mass is 914 g/mol. The number of hydrogen-bond acceptors (Lipinski definition) is 6. The minimum absolute atomic E-state index is 0.207. The molecule has 0 radical (unpaired) electrons. The van der Waals surface area contributed by atoms with Crippen molar-refractivity contribution in [1.29, 1.82) is 0 Å². The van der Waals surface area contributed by atoms with Gasteiger partial charge in [0.15, 0.2) is 5.84 Å². The van der Waals surface area contributed by atoms with Gasteiger partial charge in [-0.05, 0) is 74.8 Å². The van der Waals surface area contributed by atoms with Crippen LogP contribution in [0.15, 0.2) is 250 Å². The fourth-order valence-corrected chi connectivity index (χ4v) is 12.3. The molecule has 1 N–H and O–H groups in total. The Kier molecular flexibility index (Phi) is 9.59. The molecule has 3 unspecified atom stereocenters. The topological polar surface area (TPSA) is 62.8 Å². The fraction of sp³-hybridized carbons (Fsp3) is 0.0469. The lowest BCUT2D eigenvalue weighted by molar-refractivity contribution is 0.673. The van der Waals surface area contributed by atoms with Gasteiger partial charge in [-0.25, -0.2) is 15.0 Å². The zero-order valence-electron chi connectivity index (χ0n) is 37.8. The average molecular weight is 915 g/mol. The standard InChI is InChI=1S/C64H42N4OS/c1-4-15-40(16-5-1)58-53-35-34-49-54-38-45(33-36-56(54)69-59(49)57(53)52-23-10-11-28-55(52)65-58)44-21-12-22-46(37-44)48-25-14-27-51-50-26-13-24-47(60(50)70-61(48)51)39-29-31-43(32-30-39)64-67-62(41-17-6-2-7-18-41)66-63(68-64)42-19-8-3-9-20-42/h1-38,47,60,62H,(H,66,67,68). The normalized spacial score (nSPS) is 17.3.